The fraction of sp³-hybridized carbons (Fsp3) is 0.333. The van der Waals surface area contributed by atoms with E-state index in [9.17, 15) is 9.59 Å². The Hall–Kier alpha value is -2.60. The molecule has 2 heterocycles. The molecular weight excluding hydrogens is 304 g/mol. The Labute approximate surface area is 140 Å². The van der Waals surface area contributed by atoms with Gasteiger partial charge in [-0.2, -0.15) is 0 Å². The van der Waals surface area contributed by atoms with Crippen molar-refractivity contribution in [3.63, 3.8) is 0 Å². The van der Waals surface area contributed by atoms with Gasteiger partial charge in [-0.15, -0.1) is 0 Å². The van der Waals surface area contributed by atoms with E-state index in [1.165, 1.54) is 12.4 Å². The summed E-state index contributed by atoms with van der Waals surface area (Å²) < 4.78 is 0. The topological polar surface area (TPSA) is 75.2 Å². The normalized spacial score (nSPS) is 15.8. The minimum Gasteiger partial charge on any atom is -0.308 e. The molecule has 1 saturated heterocycles. The van der Waals surface area contributed by atoms with Gasteiger partial charge >= 0.3 is 0 Å². The number of anilines is 1. The maximum Gasteiger partial charge on any atom is 0.239 e. The Morgan fingerprint density at radius 1 is 1.12 bits per heavy atom. The van der Waals surface area contributed by atoms with Gasteiger partial charge in [-0.05, 0) is 25.9 Å². The highest BCUT2D eigenvalue weighted by Gasteiger charge is 2.26. The van der Waals surface area contributed by atoms with Crippen LogP contribution >= 0.6 is 0 Å². The molecule has 1 aromatic heterocycles. The van der Waals surface area contributed by atoms with E-state index in [0.717, 1.165) is 31.5 Å². The van der Waals surface area contributed by atoms with Crippen LogP contribution in [0.5, 0.6) is 0 Å². The van der Waals surface area contributed by atoms with E-state index in [0.29, 0.717) is 12.4 Å². The summed E-state index contributed by atoms with van der Waals surface area (Å²) in [5.74, 6) is 0.603. The summed E-state index contributed by atoms with van der Waals surface area (Å²) >= 11 is 0. The SMILES string of the molecule is O=C(CN1CCC(C(=O)c2ccccc2)CC1)Nc1cnccn1. The smallest absolute Gasteiger partial charge is 0.239 e. The number of carbonyl (C=O) groups is 2. The first kappa shape index (κ1) is 16.3. The molecule has 2 aromatic rings. The zero-order valence-electron chi connectivity index (χ0n) is 13.4. The number of carbonyl (C=O) groups excluding carboxylic acids is 2. The van der Waals surface area contributed by atoms with Crippen LogP contribution in [-0.2, 0) is 4.79 Å². The van der Waals surface area contributed by atoms with Crippen molar-refractivity contribution in [3.8, 4) is 0 Å². The number of benzene rings is 1. The first-order chi connectivity index (χ1) is 11.7. The van der Waals surface area contributed by atoms with Crippen LogP contribution in [0.3, 0.4) is 0 Å². The number of hydrogen-bond donors (Lipinski definition) is 1. The molecule has 0 saturated carbocycles. The van der Waals surface area contributed by atoms with Gasteiger partial charge in [-0.3, -0.25) is 19.5 Å². The van der Waals surface area contributed by atoms with Crippen LogP contribution in [-0.4, -0.2) is 46.2 Å². The minimum atomic E-state index is -0.108. The molecule has 0 spiro atoms. The largest absolute Gasteiger partial charge is 0.308 e. The molecule has 6 nitrogen and oxygen atoms in total. The molecule has 1 N–H and O–H groups in total. The number of Topliss-reactive ketones (excluding diaryl/α,β-unsaturated/α-hetero) is 1. The van der Waals surface area contributed by atoms with E-state index in [1.54, 1.807) is 6.20 Å². The lowest BCUT2D eigenvalue weighted by Gasteiger charge is -2.30. The van der Waals surface area contributed by atoms with Crippen molar-refractivity contribution in [1.82, 2.24) is 14.9 Å². The number of likely N-dealkylation sites (tertiary alicyclic amines) is 1. The minimum absolute atomic E-state index is 0.0479. The molecular formula is C18H20N4O2. The average Bonchev–Trinajstić information content (AvgIpc) is 2.63. The van der Waals surface area contributed by atoms with Crippen molar-refractivity contribution in [2.75, 3.05) is 25.0 Å². The Morgan fingerprint density at radius 2 is 1.88 bits per heavy atom. The van der Waals surface area contributed by atoms with Gasteiger partial charge < -0.3 is 5.32 Å². The second-order valence-electron chi connectivity index (χ2n) is 5.92. The summed E-state index contributed by atoms with van der Waals surface area (Å²) in [5.41, 5.74) is 0.774. The first-order valence-corrected chi connectivity index (χ1v) is 8.10. The molecule has 3 rings (SSSR count). The zero-order valence-corrected chi connectivity index (χ0v) is 13.4. The van der Waals surface area contributed by atoms with E-state index in [1.807, 2.05) is 30.3 Å². The maximum atomic E-state index is 12.5. The Kier molecular flexibility index (Phi) is 5.28. The molecule has 0 radical (unpaired) electrons. The van der Waals surface area contributed by atoms with E-state index < -0.39 is 0 Å². The third-order valence-corrected chi connectivity index (χ3v) is 4.21. The van der Waals surface area contributed by atoms with Gasteiger partial charge in [-0.1, -0.05) is 30.3 Å². The number of aromatic nitrogens is 2. The number of rotatable bonds is 5. The third kappa shape index (κ3) is 4.23. The lowest BCUT2D eigenvalue weighted by molar-refractivity contribution is -0.117. The highest BCUT2D eigenvalue weighted by molar-refractivity contribution is 5.97. The van der Waals surface area contributed by atoms with Crippen molar-refractivity contribution >= 4 is 17.5 Å². The lowest BCUT2D eigenvalue weighted by atomic mass is 9.89. The second-order valence-corrected chi connectivity index (χ2v) is 5.92. The summed E-state index contributed by atoms with van der Waals surface area (Å²) in [7, 11) is 0. The van der Waals surface area contributed by atoms with Crippen LogP contribution in [0.4, 0.5) is 5.82 Å². The highest BCUT2D eigenvalue weighted by atomic mass is 16.2. The van der Waals surface area contributed by atoms with Gasteiger partial charge in [0.2, 0.25) is 5.91 Å². The molecule has 1 aliphatic heterocycles. The molecule has 0 aliphatic carbocycles. The van der Waals surface area contributed by atoms with Gasteiger partial charge in [0.05, 0.1) is 12.7 Å². The molecule has 1 aliphatic rings. The van der Waals surface area contributed by atoms with E-state index >= 15 is 0 Å². The second kappa shape index (κ2) is 7.79. The van der Waals surface area contributed by atoms with Crippen LogP contribution in [0.2, 0.25) is 0 Å². The Bertz CT molecular complexity index is 683. The average molecular weight is 324 g/mol. The van der Waals surface area contributed by atoms with Crippen molar-refractivity contribution in [1.29, 1.82) is 0 Å². The van der Waals surface area contributed by atoms with Crippen LogP contribution in [0.15, 0.2) is 48.9 Å². The molecule has 24 heavy (non-hydrogen) atoms. The van der Waals surface area contributed by atoms with Crippen LogP contribution in [0, 0.1) is 5.92 Å². The van der Waals surface area contributed by atoms with Crippen molar-refractivity contribution in [2.45, 2.75) is 12.8 Å². The number of hydrogen-bond acceptors (Lipinski definition) is 5. The third-order valence-electron chi connectivity index (χ3n) is 4.21. The molecule has 0 atom stereocenters. The number of amides is 1. The standard InChI is InChI=1S/C18H20N4O2/c23-17(21-16-12-19-8-9-20-16)13-22-10-6-15(7-11-22)18(24)14-4-2-1-3-5-14/h1-5,8-9,12,15H,6-7,10-11,13H2,(H,20,21,23). The fourth-order valence-electron chi connectivity index (χ4n) is 2.94. The van der Waals surface area contributed by atoms with Gasteiger partial charge in [0.15, 0.2) is 11.6 Å². The van der Waals surface area contributed by atoms with Crippen molar-refractivity contribution in [3.05, 3.63) is 54.5 Å². The van der Waals surface area contributed by atoms with E-state index in [4.69, 9.17) is 0 Å². The molecule has 6 heteroatoms. The summed E-state index contributed by atoms with van der Waals surface area (Å²) in [4.78, 5) is 34.5. The summed E-state index contributed by atoms with van der Waals surface area (Å²) in [6.45, 7) is 1.80. The van der Waals surface area contributed by atoms with Crippen molar-refractivity contribution < 1.29 is 9.59 Å². The van der Waals surface area contributed by atoms with Crippen molar-refractivity contribution in [2.24, 2.45) is 5.92 Å². The van der Waals surface area contributed by atoms with E-state index in [-0.39, 0.29) is 17.6 Å². The van der Waals surface area contributed by atoms with Crippen LogP contribution in [0.1, 0.15) is 23.2 Å². The molecule has 1 aromatic carbocycles. The van der Waals surface area contributed by atoms with Crippen LogP contribution in [0.25, 0.3) is 0 Å². The maximum absolute atomic E-state index is 12.5. The Morgan fingerprint density at radius 3 is 2.54 bits per heavy atom. The summed E-state index contributed by atoms with van der Waals surface area (Å²) in [6.07, 6.45) is 6.18. The quantitative estimate of drug-likeness (QED) is 0.852. The molecule has 0 bridgehead atoms. The van der Waals surface area contributed by atoms with E-state index in [2.05, 4.69) is 20.2 Å². The number of nitrogens with zero attached hydrogens (tertiary/aromatic N) is 3. The summed E-state index contributed by atoms with van der Waals surface area (Å²) in [6, 6.07) is 9.42. The lowest BCUT2D eigenvalue weighted by Crippen LogP contribution is -2.40. The zero-order chi connectivity index (χ0) is 16.8. The molecule has 0 unspecified atom stereocenters. The molecule has 1 fully saturated rings. The Balaban J connectivity index is 1.47. The van der Waals surface area contributed by atoms with Gasteiger partial charge in [0.1, 0.15) is 0 Å². The summed E-state index contributed by atoms with van der Waals surface area (Å²) in [5, 5.41) is 2.73. The predicted molar refractivity (Wildman–Crippen MR) is 90.6 cm³/mol. The number of nitrogens with one attached hydrogen (secondary N) is 1. The fourth-order valence-corrected chi connectivity index (χ4v) is 2.94. The molecule has 124 valence electrons. The highest BCUT2D eigenvalue weighted by Crippen LogP contribution is 2.21. The monoisotopic (exact) mass is 324 g/mol. The number of piperidine rings is 1. The van der Waals surface area contributed by atoms with Gasteiger partial charge in [-0.25, -0.2) is 4.98 Å². The van der Waals surface area contributed by atoms with Gasteiger partial charge in [0.25, 0.3) is 0 Å². The number of ketones is 1. The van der Waals surface area contributed by atoms with Crippen LogP contribution < -0.4 is 5.32 Å². The molecule has 1 amide bonds. The van der Waals surface area contributed by atoms with Gasteiger partial charge in [0, 0.05) is 23.9 Å². The first-order valence-electron chi connectivity index (χ1n) is 8.10. The predicted octanol–water partition coefficient (Wildman–Crippen LogP) is 2.01.